The normalized spacial score (nSPS) is 11.0. The molecule has 0 saturated heterocycles. The summed E-state index contributed by atoms with van der Waals surface area (Å²) in [5.74, 6) is 0.873. The molecule has 22 heavy (non-hydrogen) atoms. The first kappa shape index (κ1) is 14.6. The van der Waals surface area contributed by atoms with Gasteiger partial charge < -0.3 is 14.9 Å². The molecule has 0 unspecified atom stereocenters. The van der Waals surface area contributed by atoms with Gasteiger partial charge in [-0.15, -0.1) is 0 Å². The number of hydrogen-bond acceptors (Lipinski definition) is 3. The maximum atomic E-state index is 5.80. The lowest BCUT2D eigenvalue weighted by molar-refractivity contribution is 0.414. The Labute approximate surface area is 130 Å². The molecule has 0 saturated carbocycles. The third-order valence-corrected chi connectivity index (χ3v) is 3.91. The van der Waals surface area contributed by atoms with Crippen LogP contribution in [0, 0.1) is 6.92 Å². The smallest absolute Gasteiger partial charge is 0.140 e. The molecule has 3 rings (SSSR count). The van der Waals surface area contributed by atoms with E-state index in [4.69, 9.17) is 15.5 Å². The molecule has 0 aliphatic rings. The van der Waals surface area contributed by atoms with Gasteiger partial charge in [-0.25, -0.2) is 4.98 Å². The predicted molar refractivity (Wildman–Crippen MR) is 88.5 cm³/mol. The van der Waals surface area contributed by atoms with Gasteiger partial charge in [0.25, 0.3) is 0 Å². The van der Waals surface area contributed by atoms with Crippen molar-refractivity contribution in [3.05, 3.63) is 65.1 Å². The molecule has 0 amide bonds. The van der Waals surface area contributed by atoms with E-state index in [1.807, 2.05) is 12.1 Å². The summed E-state index contributed by atoms with van der Waals surface area (Å²) in [4.78, 5) is 4.85. The van der Waals surface area contributed by atoms with Crippen molar-refractivity contribution >= 4 is 5.65 Å². The van der Waals surface area contributed by atoms with Gasteiger partial charge in [-0.1, -0.05) is 18.2 Å². The largest absolute Gasteiger partial charge is 0.497 e. The minimum absolute atomic E-state index is 0.618. The Bertz CT molecular complexity index is 792. The van der Waals surface area contributed by atoms with E-state index in [1.54, 1.807) is 7.11 Å². The molecule has 2 aromatic heterocycles. The zero-order chi connectivity index (χ0) is 15.5. The molecule has 2 N–H and O–H groups in total. The summed E-state index contributed by atoms with van der Waals surface area (Å²) < 4.78 is 7.47. The summed E-state index contributed by atoms with van der Waals surface area (Å²) in [6.07, 6.45) is 3.67. The number of benzene rings is 1. The number of methoxy groups -OCH3 is 1. The third-order valence-electron chi connectivity index (χ3n) is 3.91. The molecule has 4 nitrogen and oxygen atoms in total. The van der Waals surface area contributed by atoms with E-state index >= 15 is 0 Å². The predicted octanol–water partition coefficient (Wildman–Crippen LogP) is 2.74. The number of aryl methyl sites for hydroxylation is 1. The molecule has 4 heteroatoms. The lowest BCUT2D eigenvalue weighted by Crippen LogP contribution is -2.07. The van der Waals surface area contributed by atoms with Crippen LogP contribution in [-0.4, -0.2) is 23.0 Å². The minimum atomic E-state index is 0.618. The van der Waals surface area contributed by atoms with E-state index < -0.39 is 0 Å². The molecule has 0 bridgehead atoms. The van der Waals surface area contributed by atoms with E-state index in [0.29, 0.717) is 6.54 Å². The monoisotopic (exact) mass is 295 g/mol. The number of fused-ring (bicyclic) bond motifs is 1. The van der Waals surface area contributed by atoms with Gasteiger partial charge in [-0.2, -0.15) is 0 Å². The topological polar surface area (TPSA) is 52.5 Å². The number of hydrogen-bond donors (Lipinski definition) is 1. The highest BCUT2D eigenvalue weighted by atomic mass is 16.5. The first-order valence-corrected chi connectivity index (χ1v) is 7.51. The van der Waals surface area contributed by atoms with Crippen LogP contribution in [-0.2, 0) is 12.8 Å². The Morgan fingerprint density at radius 2 is 2.09 bits per heavy atom. The summed E-state index contributed by atoms with van der Waals surface area (Å²) in [5.41, 5.74) is 11.5. The zero-order valence-corrected chi connectivity index (χ0v) is 13.0. The molecule has 114 valence electrons. The van der Waals surface area contributed by atoms with Gasteiger partial charge in [-0.05, 0) is 42.8 Å². The average Bonchev–Trinajstić information content (AvgIpc) is 2.87. The Morgan fingerprint density at radius 1 is 1.23 bits per heavy atom. The second kappa shape index (κ2) is 6.20. The molecular formula is C18H21N3O. The molecule has 0 aliphatic carbocycles. The van der Waals surface area contributed by atoms with E-state index in [1.165, 1.54) is 16.8 Å². The highest BCUT2D eigenvalue weighted by Gasteiger charge is 2.13. The lowest BCUT2D eigenvalue weighted by Gasteiger charge is -2.06. The lowest BCUT2D eigenvalue weighted by atomic mass is 10.1. The molecular weight excluding hydrogens is 274 g/mol. The number of nitrogens with two attached hydrogens (primary N) is 1. The van der Waals surface area contributed by atoms with Crippen molar-refractivity contribution in [2.45, 2.75) is 19.8 Å². The van der Waals surface area contributed by atoms with Crippen LogP contribution in [0.25, 0.3) is 5.65 Å². The van der Waals surface area contributed by atoms with Gasteiger partial charge in [0.2, 0.25) is 0 Å². The Kier molecular flexibility index (Phi) is 4.11. The van der Waals surface area contributed by atoms with E-state index in [0.717, 1.165) is 29.9 Å². The molecule has 3 aromatic rings. The molecule has 2 heterocycles. The van der Waals surface area contributed by atoms with Crippen molar-refractivity contribution in [1.82, 2.24) is 9.38 Å². The van der Waals surface area contributed by atoms with Crippen molar-refractivity contribution in [1.29, 1.82) is 0 Å². The van der Waals surface area contributed by atoms with Crippen LogP contribution < -0.4 is 10.5 Å². The Hall–Kier alpha value is -2.33. The quantitative estimate of drug-likeness (QED) is 0.787. The van der Waals surface area contributed by atoms with Crippen LogP contribution in [0.15, 0.2) is 42.6 Å². The highest BCUT2D eigenvalue weighted by molar-refractivity contribution is 5.51. The third kappa shape index (κ3) is 2.70. The van der Waals surface area contributed by atoms with Gasteiger partial charge in [0, 0.05) is 24.7 Å². The van der Waals surface area contributed by atoms with Crippen LogP contribution in [0.3, 0.4) is 0 Å². The van der Waals surface area contributed by atoms with Crippen LogP contribution in [0.2, 0.25) is 0 Å². The van der Waals surface area contributed by atoms with Crippen LogP contribution in [0.1, 0.15) is 22.5 Å². The van der Waals surface area contributed by atoms with Gasteiger partial charge in [0.15, 0.2) is 0 Å². The second-order valence-corrected chi connectivity index (χ2v) is 5.46. The van der Waals surface area contributed by atoms with Crippen molar-refractivity contribution in [2.75, 3.05) is 13.7 Å². The fraction of sp³-hybridized carbons (Fsp3) is 0.278. The average molecular weight is 295 g/mol. The van der Waals surface area contributed by atoms with Gasteiger partial charge >= 0.3 is 0 Å². The van der Waals surface area contributed by atoms with E-state index in [9.17, 15) is 0 Å². The highest BCUT2D eigenvalue weighted by Crippen LogP contribution is 2.21. The summed E-state index contributed by atoms with van der Waals surface area (Å²) in [7, 11) is 1.69. The van der Waals surface area contributed by atoms with Crippen molar-refractivity contribution < 1.29 is 4.74 Å². The first-order valence-electron chi connectivity index (χ1n) is 7.51. The number of pyridine rings is 1. The number of nitrogens with zero attached hydrogens (tertiary/aromatic N) is 2. The van der Waals surface area contributed by atoms with Crippen molar-refractivity contribution in [2.24, 2.45) is 5.73 Å². The number of ether oxygens (including phenoxy) is 1. The summed E-state index contributed by atoms with van der Waals surface area (Å²) in [6, 6.07) is 12.3. The molecule has 0 radical (unpaired) electrons. The van der Waals surface area contributed by atoms with Crippen LogP contribution in [0.4, 0.5) is 0 Å². The van der Waals surface area contributed by atoms with Gasteiger partial charge in [0.1, 0.15) is 11.4 Å². The minimum Gasteiger partial charge on any atom is -0.497 e. The van der Waals surface area contributed by atoms with Crippen molar-refractivity contribution in [3.63, 3.8) is 0 Å². The fourth-order valence-electron chi connectivity index (χ4n) is 2.82. The van der Waals surface area contributed by atoms with Crippen LogP contribution in [0.5, 0.6) is 5.75 Å². The Morgan fingerprint density at radius 3 is 2.86 bits per heavy atom. The van der Waals surface area contributed by atoms with E-state index in [2.05, 4.69) is 41.8 Å². The maximum absolute atomic E-state index is 5.80. The maximum Gasteiger partial charge on any atom is 0.140 e. The Balaban J connectivity index is 2.05. The van der Waals surface area contributed by atoms with Gasteiger partial charge in [-0.3, -0.25) is 0 Å². The van der Waals surface area contributed by atoms with Gasteiger partial charge in [0.05, 0.1) is 12.8 Å². The standard InChI is InChI=1S/C18H21N3O/c1-13-5-4-10-21-17(8-9-19)16(20-18(13)21)12-14-6-3-7-15(11-14)22-2/h3-7,10-11H,8-9,12,19H2,1-2H3. The van der Waals surface area contributed by atoms with Crippen molar-refractivity contribution in [3.8, 4) is 5.75 Å². The number of rotatable bonds is 5. The molecule has 0 aliphatic heterocycles. The number of aromatic nitrogens is 2. The SMILES string of the molecule is COc1cccc(Cc2nc3c(C)cccn3c2CCN)c1. The second-order valence-electron chi connectivity index (χ2n) is 5.46. The van der Waals surface area contributed by atoms with E-state index in [-0.39, 0.29) is 0 Å². The zero-order valence-electron chi connectivity index (χ0n) is 13.0. The fourth-order valence-corrected chi connectivity index (χ4v) is 2.82. The van der Waals surface area contributed by atoms with Crippen LogP contribution >= 0.6 is 0 Å². The molecule has 0 fully saturated rings. The summed E-state index contributed by atoms with van der Waals surface area (Å²) >= 11 is 0. The summed E-state index contributed by atoms with van der Waals surface area (Å²) in [5, 5.41) is 0. The molecule has 0 spiro atoms. The first-order chi connectivity index (χ1) is 10.7. The molecule has 0 atom stereocenters. The summed E-state index contributed by atoms with van der Waals surface area (Å²) in [6.45, 7) is 2.71. The molecule has 1 aromatic carbocycles. The number of imidazole rings is 1.